The van der Waals surface area contributed by atoms with Crippen LogP contribution in [0.2, 0.25) is 0 Å². The Bertz CT molecular complexity index is 3520. The Hall–Kier alpha value is -7.00. The first-order chi connectivity index (χ1) is 33.3. The lowest BCUT2D eigenvalue weighted by Gasteiger charge is -2.62. The minimum atomic E-state index is -2.37. The van der Waals surface area contributed by atoms with Gasteiger partial charge in [-0.3, -0.25) is 0 Å². The highest BCUT2D eigenvalue weighted by Gasteiger charge is 2.58. The lowest BCUT2D eigenvalue weighted by atomic mass is 9.42. The first-order valence-electron chi connectivity index (χ1n) is 24.4. The first-order valence-corrected chi connectivity index (χ1v) is 27.0. The molecule has 0 radical (unpaired) electrons. The zero-order valence-electron chi connectivity index (χ0n) is 38.5. The van der Waals surface area contributed by atoms with Crippen LogP contribution in [0.1, 0.15) is 43.2 Å². The van der Waals surface area contributed by atoms with Gasteiger partial charge in [-0.1, -0.05) is 194 Å². The third-order valence-corrected chi connectivity index (χ3v) is 17.6. The van der Waals surface area contributed by atoms with E-state index in [-0.39, 0.29) is 5.41 Å². The minimum absolute atomic E-state index is 0.0754. The Kier molecular flexibility index (Phi) is 9.74. The van der Waals surface area contributed by atoms with Crippen LogP contribution in [-0.4, -0.2) is 28.3 Å². The molecule has 1 heterocycles. The molecule has 0 unspecified atom stereocenters. The van der Waals surface area contributed by atoms with Crippen LogP contribution in [0.4, 0.5) is 0 Å². The van der Waals surface area contributed by atoms with Gasteiger partial charge in [0.25, 0.3) is 0 Å². The first kappa shape index (κ1) is 41.2. The Morgan fingerprint density at radius 3 is 1.32 bits per heavy atom. The van der Waals surface area contributed by atoms with Gasteiger partial charge in [-0.2, -0.15) is 0 Å². The van der Waals surface area contributed by atoms with Gasteiger partial charge in [0.1, 0.15) is 7.14 Å². The van der Waals surface area contributed by atoms with Crippen molar-refractivity contribution in [2.75, 3.05) is 13.3 Å². The van der Waals surface area contributed by atoms with Crippen molar-refractivity contribution in [1.82, 2.24) is 15.0 Å². The minimum Gasteiger partial charge on any atom is -0.319 e. The molecular formula is C63H52N3OP. The highest BCUT2D eigenvalue weighted by Crippen LogP contribution is 2.65. The maximum atomic E-state index is 13.0. The average Bonchev–Trinajstić information content (AvgIpc) is 3.38. The summed E-state index contributed by atoms with van der Waals surface area (Å²) in [4.78, 5) is 15.5. The molecular weight excluding hydrogens is 846 g/mol. The van der Waals surface area contributed by atoms with Crippen LogP contribution >= 0.6 is 7.14 Å². The van der Waals surface area contributed by atoms with Crippen LogP contribution in [0.25, 0.3) is 88.7 Å². The van der Waals surface area contributed by atoms with E-state index in [1.807, 2.05) is 31.5 Å². The predicted molar refractivity (Wildman–Crippen MR) is 283 cm³/mol. The summed E-state index contributed by atoms with van der Waals surface area (Å²) in [6.45, 7) is 3.69. The summed E-state index contributed by atoms with van der Waals surface area (Å²) in [5, 5.41) is 8.14. The maximum Gasteiger partial charge on any atom is 0.164 e. The fourth-order valence-electron chi connectivity index (χ4n) is 13.3. The SMILES string of the molecule is CP(C)(=O)c1ccc(-c2c3ccccc3c(-c3ccc(C4(c5ccc(-c6nc(-c7ccccc7)nc(-c7cccc8ccccc78)n6)cc5)C5CC6CC(C5)CC4C6)cc3)c3ccccc23)cc1. The molecule has 4 nitrogen and oxygen atoms in total. The molecule has 0 atom stereocenters. The Labute approximate surface area is 398 Å². The molecule has 4 bridgehead atoms. The van der Waals surface area contributed by atoms with Gasteiger partial charge >= 0.3 is 0 Å². The molecule has 0 saturated heterocycles. The van der Waals surface area contributed by atoms with Crippen molar-refractivity contribution in [3.8, 4) is 56.4 Å². The van der Waals surface area contributed by atoms with Crippen molar-refractivity contribution in [3.63, 3.8) is 0 Å². The van der Waals surface area contributed by atoms with E-state index in [0.29, 0.717) is 29.3 Å². The van der Waals surface area contributed by atoms with Crippen molar-refractivity contribution in [1.29, 1.82) is 0 Å². The number of hydrogen-bond acceptors (Lipinski definition) is 4. The Morgan fingerprint density at radius 2 is 0.809 bits per heavy atom. The van der Waals surface area contributed by atoms with Crippen molar-refractivity contribution in [2.24, 2.45) is 23.7 Å². The van der Waals surface area contributed by atoms with Gasteiger partial charge in [-0.15, -0.1) is 0 Å². The lowest BCUT2D eigenvalue weighted by molar-refractivity contribution is -0.0418. The molecule has 330 valence electrons. The second-order valence-corrected chi connectivity index (χ2v) is 23.5. The molecule has 9 aromatic carbocycles. The van der Waals surface area contributed by atoms with E-state index in [2.05, 4.69) is 176 Å². The molecule has 14 rings (SSSR count). The van der Waals surface area contributed by atoms with Crippen LogP contribution in [0.3, 0.4) is 0 Å². The van der Waals surface area contributed by atoms with Crippen LogP contribution in [-0.2, 0) is 9.98 Å². The summed E-state index contributed by atoms with van der Waals surface area (Å²) < 4.78 is 13.0. The monoisotopic (exact) mass is 897 g/mol. The zero-order valence-corrected chi connectivity index (χ0v) is 39.4. The largest absolute Gasteiger partial charge is 0.319 e. The van der Waals surface area contributed by atoms with Gasteiger partial charge in [-0.05, 0) is 135 Å². The molecule has 4 aliphatic rings. The van der Waals surface area contributed by atoms with E-state index in [4.69, 9.17) is 15.0 Å². The predicted octanol–water partition coefficient (Wildman–Crippen LogP) is 15.7. The van der Waals surface area contributed by atoms with E-state index in [1.54, 1.807) is 0 Å². The number of rotatable bonds is 8. The molecule has 10 aromatic rings. The molecule has 0 amide bonds. The van der Waals surface area contributed by atoms with E-state index in [9.17, 15) is 4.57 Å². The topological polar surface area (TPSA) is 55.7 Å². The van der Waals surface area contributed by atoms with Crippen molar-refractivity contribution >= 4 is 44.8 Å². The fourth-order valence-corrected chi connectivity index (χ4v) is 14.2. The summed E-state index contributed by atoms with van der Waals surface area (Å²) in [6, 6.07) is 70.5. The van der Waals surface area contributed by atoms with Crippen LogP contribution in [0, 0.1) is 23.7 Å². The van der Waals surface area contributed by atoms with E-state index in [0.717, 1.165) is 50.2 Å². The average molecular weight is 898 g/mol. The molecule has 5 heteroatoms. The quantitative estimate of drug-likeness (QED) is 0.113. The molecule has 0 spiro atoms. The smallest absolute Gasteiger partial charge is 0.164 e. The molecule has 0 aliphatic heterocycles. The second-order valence-electron chi connectivity index (χ2n) is 20.3. The van der Waals surface area contributed by atoms with E-state index in [1.165, 1.54) is 81.5 Å². The van der Waals surface area contributed by atoms with Crippen LogP contribution in [0.5, 0.6) is 0 Å². The molecule has 68 heavy (non-hydrogen) atoms. The van der Waals surface area contributed by atoms with Gasteiger partial charge in [0, 0.05) is 27.4 Å². The summed E-state index contributed by atoms with van der Waals surface area (Å²) in [7, 11) is -2.37. The number of hydrogen-bond donors (Lipinski definition) is 0. The summed E-state index contributed by atoms with van der Waals surface area (Å²) in [5.74, 6) is 4.90. The standard InChI is InChI=1S/C63H52N3OP/c1-68(2,67)51-33-27-44(28-34-51)59-55-20-10-8-18-53(55)58(54-19-9-11-21-56(54)59)43-23-29-47(30-24-43)63(49-36-40-35-41(38-49)39-50(63)37-40)48-31-25-46(26-32-48)61-64-60(45-14-4-3-5-15-45)65-62(66-61)57-22-12-16-42-13-6-7-17-52(42)57/h3-34,40-41,49-50H,35-39H2,1-2H3. The molecule has 0 N–H and O–H groups in total. The van der Waals surface area contributed by atoms with E-state index < -0.39 is 7.14 Å². The fraction of sp³-hybridized carbons (Fsp3) is 0.190. The van der Waals surface area contributed by atoms with Gasteiger partial charge in [-0.25, -0.2) is 15.0 Å². The van der Waals surface area contributed by atoms with Crippen LogP contribution in [0.15, 0.2) is 194 Å². The lowest BCUT2D eigenvalue weighted by Crippen LogP contribution is -2.56. The number of benzene rings is 9. The van der Waals surface area contributed by atoms with E-state index >= 15 is 0 Å². The van der Waals surface area contributed by atoms with Gasteiger partial charge in [0.2, 0.25) is 0 Å². The number of aromatic nitrogens is 3. The summed E-state index contributed by atoms with van der Waals surface area (Å²) in [6.07, 6.45) is 6.59. The zero-order chi connectivity index (χ0) is 45.6. The van der Waals surface area contributed by atoms with Crippen molar-refractivity contribution < 1.29 is 4.57 Å². The van der Waals surface area contributed by atoms with Gasteiger partial charge < -0.3 is 4.57 Å². The van der Waals surface area contributed by atoms with Crippen molar-refractivity contribution in [3.05, 3.63) is 205 Å². The molecule has 4 aliphatic carbocycles. The van der Waals surface area contributed by atoms with Gasteiger partial charge in [0.15, 0.2) is 17.5 Å². The maximum absolute atomic E-state index is 13.0. The Balaban J connectivity index is 0.925. The molecule has 1 aromatic heterocycles. The number of nitrogens with zero attached hydrogens (tertiary/aromatic N) is 3. The van der Waals surface area contributed by atoms with Crippen LogP contribution < -0.4 is 5.30 Å². The van der Waals surface area contributed by atoms with Crippen molar-refractivity contribution in [2.45, 2.75) is 37.5 Å². The summed E-state index contributed by atoms with van der Waals surface area (Å²) >= 11 is 0. The third kappa shape index (κ3) is 6.71. The highest BCUT2D eigenvalue weighted by atomic mass is 31.2. The molecule has 4 fully saturated rings. The highest BCUT2D eigenvalue weighted by molar-refractivity contribution is 7.70. The van der Waals surface area contributed by atoms with Gasteiger partial charge in [0.05, 0.1) is 0 Å². The molecule has 4 saturated carbocycles. The summed E-state index contributed by atoms with van der Waals surface area (Å²) in [5.41, 5.74) is 10.6. The Morgan fingerprint density at radius 1 is 0.397 bits per heavy atom. The third-order valence-electron chi connectivity index (χ3n) is 16.1. The normalized spacial score (nSPS) is 20.9. The second kappa shape index (κ2) is 16.1. The number of fused-ring (bicyclic) bond motifs is 3.